The highest BCUT2D eigenvalue weighted by Crippen LogP contribution is 2.36. The van der Waals surface area contributed by atoms with Gasteiger partial charge in [0.25, 0.3) is 0 Å². The third-order valence-corrected chi connectivity index (χ3v) is 4.76. The van der Waals surface area contributed by atoms with Crippen molar-refractivity contribution in [3.05, 3.63) is 59.2 Å². The summed E-state index contributed by atoms with van der Waals surface area (Å²) in [5.41, 5.74) is 3.82. The zero-order valence-electron chi connectivity index (χ0n) is 13.7. The molecule has 2 N–H and O–H groups in total. The van der Waals surface area contributed by atoms with Gasteiger partial charge in [0, 0.05) is 6.54 Å². The van der Waals surface area contributed by atoms with Gasteiger partial charge in [-0.15, -0.1) is 0 Å². The second-order valence-electron chi connectivity index (χ2n) is 6.20. The Hall–Kier alpha value is -2.00. The standard InChI is InChI=1S/C20H25NO2/c1-23-20-11-5-8-17-16(7-4-9-18(17)20)14-21-13-12-15-6-2-3-10-19(15)22/h2-3,5-6,8,10-11,16,21-22H,4,7,9,12-14H2,1H3/t16-/m0/s1. The molecule has 0 unspecified atom stereocenters. The lowest BCUT2D eigenvalue weighted by Gasteiger charge is -2.27. The van der Waals surface area contributed by atoms with Gasteiger partial charge >= 0.3 is 0 Å². The topological polar surface area (TPSA) is 41.5 Å². The molecule has 0 spiro atoms. The van der Waals surface area contributed by atoms with Crippen LogP contribution >= 0.6 is 0 Å². The molecular formula is C20H25NO2. The first-order valence-electron chi connectivity index (χ1n) is 8.43. The maximum atomic E-state index is 9.80. The molecule has 0 aromatic heterocycles. The maximum Gasteiger partial charge on any atom is 0.122 e. The fourth-order valence-corrected chi connectivity index (χ4v) is 3.54. The number of para-hydroxylation sites is 1. The Labute approximate surface area is 138 Å². The average Bonchev–Trinajstić information content (AvgIpc) is 2.59. The minimum absolute atomic E-state index is 0.391. The maximum absolute atomic E-state index is 9.80. The number of nitrogens with one attached hydrogen (secondary N) is 1. The van der Waals surface area contributed by atoms with Crippen LogP contribution in [-0.4, -0.2) is 25.3 Å². The van der Waals surface area contributed by atoms with Crippen LogP contribution in [0.1, 0.15) is 35.4 Å². The predicted octanol–water partition coefficient (Wildman–Crippen LogP) is 3.65. The molecule has 0 fully saturated rings. The van der Waals surface area contributed by atoms with E-state index in [2.05, 4.69) is 23.5 Å². The van der Waals surface area contributed by atoms with Crippen molar-refractivity contribution >= 4 is 0 Å². The van der Waals surface area contributed by atoms with Crippen molar-refractivity contribution in [1.29, 1.82) is 0 Å². The van der Waals surface area contributed by atoms with E-state index in [1.54, 1.807) is 13.2 Å². The van der Waals surface area contributed by atoms with Gasteiger partial charge in [-0.05, 0) is 67.0 Å². The summed E-state index contributed by atoms with van der Waals surface area (Å²) in [5, 5.41) is 13.4. The molecular weight excluding hydrogens is 286 g/mol. The fraction of sp³-hybridized carbons (Fsp3) is 0.400. The largest absolute Gasteiger partial charge is 0.508 e. The van der Waals surface area contributed by atoms with Crippen LogP contribution in [0.2, 0.25) is 0 Å². The Kier molecular flexibility index (Phi) is 5.19. The van der Waals surface area contributed by atoms with Crippen molar-refractivity contribution < 1.29 is 9.84 Å². The summed E-state index contributed by atoms with van der Waals surface area (Å²) in [7, 11) is 1.75. The normalized spacial score (nSPS) is 16.8. The molecule has 1 atom stereocenters. The van der Waals surface area contributed by atoms with E-state index in [-0.39, 0.29) is 0 Å². The van der Waals surface area contributed by atoms with Crippen molar-refractivity contribution in [2.45, 2.75) is 31.6 Å². The molecule has 1 aliphatic carbocycles. The molecule has 3 rings (SSSR count). The minimum atomic E-state index is 0.391. The molecule has 122 valence electrons. The van der Waals surface area contributed by atoms with E-state index < -0.39 is 0 Å². The summed E-state index contributed by atoms with van der Waals surface area (Å²) in [4.78, 5) is 0. The first-order chi connectivity index (χ1) is 11.3. The second-order valence-corrected chi connectivity index (χ2v) is 6.20. The molecule has 0 saturated heterocycles. The molecule has 3 nitrogen and oxygen atoms in total. The Morgan fingerprint density at radius 2 is 2.04 bits per heavy atom. The zero-order valence-corrected chi connectivity index (χ0v) is 13.7. The van der Waals surface area contributed by atoms with Gasteiger partial charge in [0.05, 0.1) is 7.11 Å². The summed E-state index contributed by atoms with van der Waals surface area (Å²) < 4.78 is 5.51. The van der Waals surface area contributed by atoms with Crippen molar-refractivity contribution in [2.24, 2.45) is 0 Å². The fourth-order valence-electron chi connectivity index (χ4n) is 3.54. The van der Waals surface area contributed by atoms with Crippen LogP contribution in [0.5, 0.6) is 11.5 Å². The van der Waals surface area contributed by atoms with Gasteiger partial charge in [0.2, 0.25) is 0 Å². The van der Waals surface area contributed by atoms with E-state index >= 15 is 0 Å². The quantitative estimate of drug-likeness (QED) is 0.800. The van der Waals surface area contributed by atoms with Crippen molar-refractivity contribution in [2.75, 3.05) is 20.2 Å². The summed E-state index contributed by atoms with van der Waals surface area (Å²) in [5.74, 6) is 1.97. The molecule has 0 amide bonds. The number of methoxy groups -OCH3 is 1. The molecule has 1 aliphatic rings. The summed E-state index contributed by atoms with van der Waals surface area (Å²) in [6.45, 7) is 1.86. The van der Waals surface area contributed by atoms with Gasteiger partial charge in [-0.2, -0.15) is 0 Å². The molecule has 0 bridgehead atoms. The number of phenolic OH excluding ortho intramolecular Hbond substituents is 1. The third-order valence-electron chi connectivity index (χ3n) is 4.76. The van der Waals surface area contributed by atoms with E-state index in [4.69, 9.17) is 4.74 Å². The van der Waals surface area contributed by atoms with Crippen molar-refractivity contribution in [1.82, 2.24) is 5.32 Å². The van der Waals surface area contributed by atoms with E-state index in [1.807, 2.05) is 18.2 Å². The molecule has 0 radical (unpaired) electrons. The Bertz CT molecular complexity index is 654. The number of benzene rings is 2. The first kappa shape index (κ1) is 15.9. The van der Waals surface area contributed by atoms with Crippen LogP contribution in [0.15, 0.2) is 42.5 Å². The molecule has 0 aliphatic heterocycles. The van der Waals surface area contributed by atoms with E-state index in [9.17, 15) is 5.11 Å². The van der Waals surface area contributed by atoms with Gasteiger partial charge in [-0.25, -0.2) is 0 Å². The average molecular weight is 311 g/mol. The highest BCUT2D eigenvalue weighted by atomic mass is 16.5. The molecule has 2 aromatic carbocycles. The molecule has 2 aromatic rings. The van der Waals surface area contributed by atoms with E-state index in [1.165, 1.54) is 24.0 Å². The molecule has 23 heavy (non-hydrogen) atoms. The van der Waals surface area contributed by atoms with Gasteiger partial charge in [-0.1, -0.05) is 30.3 Å². The Morgan fingerprint density at radius 3 is 2.87 bits per heavy atom. The lowest BCUT2D eigenvalue weighted by atomic mass is 9.82. The second kappa shape index (κ2) is 7.51. The summed E-state index contributed by atoms with van der Waals surface area (Å²) in [6, 6.07) is 14.0. The number of ether oxygens (including phenoxy) is 1. The van der Waals surface area contributed by atoms with Crippen molar-refractivity contribution in [3.8, 4) is 11.5 Å². The molecule has 0 saturated carbocycles. The lowest BCUT2D eigenvalue weighted by molar-refractivity contribution is 0.401. The van der Waals surface area contributed by atoms with E-state index in [0.717, 1.165) is 37.2 Å². The Morgan fingerprint density at radius 1 is 1.17 bits per heavy atom. The highest BCUT2D eigenvalue weighted by molar-refractivity contribution is 5.43. The summed E-state index contributed by atoms with van der Waals surface area (Å²) >= 11 is 0. The number of phenols is 1. The number of rotatable bonds is 6. The predicted molar refractivity (Wildman–Crippen MR) is 93.4 cm³/mol. The summed E-state index contributed by atoms with van der Waals surface area (Å²) in [6.07, 6.45) is 4.42. The monoisotopic (exact) mass is 311 g/mol. The molecule has 0 heterocycles. The smallest absolute Gasteiger partial charge is 0.122 e. The van der Waals surface area contributed by atoms with Gasteiger partial charge < -0.3 is 15.2 Å². The van der Waals surface area contributed by atoms with Gasteiger partial charge in [-0.3, -0.25) is 0 Å². The van der Waals surface area contributed by atoms with Gasteiger partial charge in [0.15, 0.2) is 0 Å². The minimum Gasteiger partial charge on any atom is -0.508 e. The number of hydrogen-bond acceptors (Lipinski definition) is 3. The first-order valence-corrected chi connectivity index (χ1v) is 8.43. The van der Waals surface area contributed by atoms with Crippen LogP contribution in [0.3, 0.4) is 0 Å². The van der Waals surface area contributed by atoms with Gasteiger partial charge in [0.1, 0.15) is 11.5 Å². The van der Waals surface area contributed by atoms with E-state index in [0.29, 0.717) is 11.7 Å². The van der Waals surface area contributed by atoms with Crippen LogP contribution in [0.25, 0.3) is 0 Å². The Balaban J connectivity index is 1.57. The number of fused-ring (bicyclic) bond motifs is 1. The third kappa shape index (κ3) is 3.67. The highest BCUT2D eigenvalue weighted by Gasteiger charge is 2.22. The zero-order chi connectivity index (χ0) is 16.1. The van der Waals surface area contributed by atoms with Crippen LogP contribution < -0.4 is 10.1 Å². The molecule has 3 heteroatoms. The number of hydrogen-bond donors (Lipinski definition) is 2. The van der Waals surface area contributed by atoms with Crippen LogP contribution in [0, 0.1) is 0 Å². The van der Waals surface area contributed by atoms with Crippen molar-refractivity contribution in [3.63, 3.8) is 0 Å². The number of aromatic hydroxyl groups is 1. The lowest BCUT2D eigenvalue weighted by Crippen LogP contribution is -2.26. The van der Waals surface area contributed by atoms with Crippen LogP contribution in [0.4, 0.5) is 0 Å². The van der Waals surface area contributed by atoms with Crippen LogP contribution in [-0.2, 0) is 12.8 Å². The SMILES string of the molecule is COc1cccc2c1CCC[C@H]2CNCCc1ccccc1O.